The molecule has 0 aromatic heterocycles. The average molecular weight is 163 g/mol. The molecule has 0 radical (unpaired) electrons. The molecule has 0 aliphatic rings. The van der Waals surface area contributed by atoms with Gasteiger partial charge in [0.1, 0.15) is 5.75 Å². The Kier molecular flexibility index (Phi) is 4.52. The van der Waals surface area contributed by atoms with E-state index < -0.39 is 0 Å². The first-order chi connectivity index (χ1) is 4.74. The van der Waals surface area contributed by atoms with Gasteiger partial charge in [0.2, 0.25) is 0 Å². The molecule has 0 saturated carbocycles. The third-order valence-corrected chi connectivity index (χ3v) is 1.28. The zero-order valence-corrected chi connectivity index (χ0v) is 5.41. The van der Waals surface area contributed by atoms with Crippen molar-refractivity contribution in [1.82, 2.24) is 0 Å². The number of benzene rings is 1. The topological polar surface area (TPSA) is 66.5 Å². The molecule has 56 valence electrons. The third kappa shape index (κ3) is 2.71. The zero-order valence-electron chi connectivity index (χ0n) is 5.41. The number of phenols is 1. The van der Waals surface area contributed by atoms with Gasteiger partial charge in [0.05, 0.1) is 12.3 Å². The van der Waals surface area contributed by atoms with Crippen molar-refractivity contribution >= 4 is 35.2 Å². The first-order valence-corrected chi connectivity index (χ1v) is 2.92. The molecule has 3 nitrogen and oxygen atoms in total. The number of aliphatic hydroxyl groups is 1. The van der Waals surface area contributed by atoms with E-state index in [1.165, 1.54) is 6.07 Å². The van der Waals surface area contributed by atoms with E-state index in [2.05, 4.69) is 0 Å². The van der Waals surface area contributed by atoms with Crippen LogP contribution < -0.4 is 5.73 Å². The second kappa shape index (κ2) is 4.62. The van der Waals surface area contributed by atoms with Crippen LogP contribution in [0, 0.1) is 0 Å². The maximum absolute atomic E-state index is 9.00. The van der Waals surface area contributed by atoms with Gasteiger partial charge in [-0.1, -0.05) is 6.07 Å². The van der Waals surface area contributed by atoms with Gasteiger partial charge in [0, 0.05) is 0 Å². The number of nitrogen functional groups attached to an aromatic ring is 1. The van der Waals surface area contributed by atoms with E-state index in [1.54, 1.807) is 12.1 Å². The third-order valence-electron chi connectivity index (χ3n) is 1.28. The van der Waals surface area contributed by atoms with Crippen LogP contribution in [0.4, 0.5) is 5.69 Å². The van der Waals surface area contributed by atoms with E-state index in [0.29, 0.717) is 11.3 Å². The first-order valence-electron chi connectivity index (χ1n) is 2.92. The van der Waals surface area contributed by atoms with Crippen LogP contribution in [0.2, 0.25) is 0 Å². The van der Waals surface area contributed by atoms with Crippen molar-refractivity contribution < 1.29 is 10.2 Å². The van der Waals surface area contributed by atoms with Gasteiger partial charge < -0.3 is 15.9 Å². The number of nitrogens with two attached hydrogens (primary N) is 1. The molecular weight excluding hydrogens is 153 g/mol. The number of aromatic hydroxyl groups is 1. The number of hydrogen-bond acceptors (Lipinski definition) is 3. The molecule has 0 fully saturated rings. The number of aliphatic hydroxyl groups excluding tert-OH is 1. The van der Waals surface area contributed by atoms with Crippen molar-refractivity contribution in [3.63, 3.8) is 0 Å². The van der Waals surface area contributed by atoms with Crippen LogP contribution in [-0.4, -0.2) is 39.8 Å². The first kappa shape index (κ1) is 10.8. The van der Waals surface area contributed by atoms with Crippen molar-refractivity contribution in [1.29, 1.82) is 0 Å². The molecule has 0 amide bonds. The van der Waals surface area contributed by atoms with E-state index in [0.717, 1.165) is 0 Å². The number of anilines is 1. The molecule has 0 spiro atoms. The number of rotatable bonds is 1. The zero-order chi connectivity index (χ0) is 7.56. The SMILES string of the molecule is Nc1ccc(CO)cc1O.[NaH]. The van der Waals surface area contributed by atoms with Gasteiger partial charge in [-0.25, -0.2) is 0 Å². The molecule has 4 N–H and O–H groups in total. The van der Waals surface area contributed by atoms with Gasteiger partial charge in [-0.3, -0.25) is 0 Å². The fourth-order valence-electron chi connectivity index (χ4n) is 0.688. The quantitative estimate of drug-likeness (QED) is 0.305. The van der Waals surface area contributed by atoms with Crippen LogP contribution in [0.25, 0.3) is 0 Å². The summed E-state index contributed by atoms with van der Waals surface area (Å²) >= 11 is 0. The van der Waals surface area contributed by atoms with Gasteiger partial charge in [0.25, 0.3) is 0 Å². The molecule has 0 unspecified atom stereocenters. The molecule has 0 atom stereocenters. The summed E-state index contributed by atoms with van der Waals surface area (Å²) in [6.45, 7) is -0.0756. The summed E-state index contributed by atoms with van der Waals surface area (Å²) in [7, 11) is 0. The summed E-state index contributed by atoms with van der Waals surface area (Å²) < 4.78 is 0. The second-order valence-corrected chi connectivity index (χ2v) is 2.05. The Bertz CT molecular complexity index is 240. The minimum absolute atomic E-state index is 0. The second-order valence-electron chi connectivity index (χ2n) is 2.05. The summed E-state index contributed by atoms with van der Waals surface area (Å²) in [6.07, 6.45) is 0. The van der Waals surface area contributed by atoms with Crippen LogP contribution >= 0.6 is 0 Å². The molecule has 11 heavy (non-hydrogen) atoms. The fraction of sp³-hybridized carbons (Fsp3) is 0.143. The molecule has 4 heteroatoms. The predicted octanol–water partition coefficient (Wildman–Crippen LogP) is -0.182. The molecule has 0 bridgehead atoms. The van der Waals surface area contributed by atoms with Crippen LogP contribution in [0.15, 0.2) is 18.2 Å². The number of hydrogen-bond donors (Lipinski definition) is 3. The molecule has 0 heterocycles. The van der Waals surface area contributed by atoms with E-state index >= 15 is 0 Å². The predicted molar refractivity (Wildman–Crippen MR) is 45.6 cm³/mol. The Labute approximate surface area is 87.1 Å². The van der Waals surface area contributed by atoms with E-state index in [-0.39, 0.29) is 41.9 Å². The van der Waals surface area contributed by atoms with Gasteiger partial charge in [0.15, 0.2) is 0 Å². The van der Waals surface area contributed by atoms with Crippen LogP contribution in [0.1, 0.15) is 5.56 Å². The molecule has 1 aromatic rings. The molecule has 1 aromatic carbocycles. The van der Waals surface area contributed by atoms with Gasteiger partial charge in [-0.2, -0.15) is 0 Å². The van der Waals surface area contributed by atoms with Gasteiger partial charge >= 0.3 is 29.6 Å². The fourth-order valence-corrected chi connectivity index (χ4v) is 0.688. The Morgan fingerprint density at radius 3 is 2.45 bits per heavy atom. The van der Waals surface area contributed by atoms with Crippen molar-refractivity contribution in [3.8, 4) is 5.75 Å². The molecular formula is C7H10NNaO2. The number of phenolic OH excluding ortho intramolecular Hbond substituents is 1. The molecule has 1 rings (SSSR count). The summed E-state index contributed by atoms with van der Waals surface area (Å²) in [6, 6.07) is 4.66. The van der Waals surface area contributed by atoms with Gasteiger partial charge in [-0.15, -0.1) is 0 Å². The summed E-state index contributed by atoms with van der Waals surface area (Å²) in [5, 5.41) is 17.6. The Hall–Kier alpha value is -0.220. The van der Waals surface area contributed by atoms with Gasteiger partial charge in [-0.05, 0) is 17.7 Å². The van der Waals surface area contributed by atoms with E-state index in [9.17, 15) is 0 Å². The Morgan fingerprint density at radius 2 is 2.00 bits per heavy atom. The molecule has 0 saturated heterocycles. The van der Waals surface area contributed by atoms with E-state index in [1.807, 2.05) is 0 Å². The summed E-state index contributed by atoms with van der Waals surface area (Å²) in [5.41, 5.74) is 6.30. The van der Waals surface area contributed by atoms with Crippen molar-refractivity contribution in [2.24, 2.45) is 0 Å². The summed E-state index contributed by atoms with van der Waals surface area (Å²) in [5.74, 6) is 0.0200. The standard InChI is InChI=1S/C7H9NO2.Na.H/c8-6-2-1-5(4-9)3-7(6)10;;/h1-3,9-10H,4,8H2;;. The Balaban J connectivity index is 0.000001000. The minimum atomic E-state index is -0.0756. The van der Waals surface area contributed by atoms with Crippen LogP contribution in [-0.2, 0) is 6.61 Å². The normalized spacial score (nSPS) is 8.82. The van der Waals surface area contributed by atoms with Crippen molar-refractivity contribution in [2.75, 3.05) is 5.73 Å². The van der Waals surface area contributed by atoms with Crippen LogP contribution in [0.5, 0.6) is 5.75 Å². The monoisotopic (exact) mass is 163 g/mol. The Morgan fingerprint density at radius 1 is 1.36 bits per heavy atom. The molecule has 0 aliphatic carbocycles. The van der Waals surface area contributed by atoms with E-state index in [4.69, 9.17) is 15.9 Å². The van der Waals surface area contributed by atoms with Crippen LogP contribution in [0.3, 0.4) is 0 Å². The maximum atomic E-state index is 9.00. The summed E-state index contributed by atoms with van der Waals surface area (Å²) in [4.78, 5) is 0. The molecule has 0 aliphatic heterocycles. The van der Waals surface area contributed by atoms with Crippen molar-refractivity contribution in [2.45, 2.75) is 6.61 Å². The average Bonchev–Trinajstić information content (AvgIpc) is 1.95. The van der Waals surface area contributed by atoms with Crippen molar-refractivity contribution in [3.05, 3.63) is 23.8 Å².